The average molecular weight is 367 g/mol. The molecule has 0 bridgehead atoms. The van der Waals surface area contributed by atoms with E-state index in [1.54, 1.807) is 43.3 Å². The Hall–Kier alpha value is -1.87. The molecule has 0 saturated heterocycles. The van der Waals surface area contributed by atoms with Gasteiger partial charge in [0.05, 0.1) is 0 Å². The molecule has 6 nitrogen and oxygen atoms in total. The van der Waals surface area contributed by atoms with E-state index in [2.05, 4.69) is 0 Å². The SMILES string of the molecule is COc1ccc(C(=O)N(C)c2cc[c]([Ge])cc2)cc1.O.O.O. The Kier molecular flexibility index (Phi) is 10.1. The molecule has 0 aromatic heterocycles. The largest absolute Gasteiger partial charge is 0.412 e. The summed E-state index contributed by atoms with van der Waals surface area (Å²) in [5, 5.41) is 0. The molecule has 0 atom stereocenters. The molecule has 0 aliphatic rings. The number of benzene rings is 2. The van der Waals surface area contributed by atoms with Crippen molar-refractivity contribution in [3.63, 3.8) is 0 Å². The Bertz CT molecular complexity index is 571. The molecule has 6 N–H and O–H groups in total. The van der Waals surface area contributed by atoms with E-state index >= 15 is 0 Å². The maximum Gasteiger partial charge on any atom is -0.412 e. The van der Waals surface area contributed by atoms with Crippen LogP contribution in [0.3, 0.4) is 0 Å². The van der Waals surface area contributed by atoms with Crippen LogP contribution in [0.25, 0.3) is 0 Å². The maximum absolute atomic E-state index is 12.3. The van der Waals surface area contributed by atoms with Crippen molar-refractivity contribution in [1.29, 1.82) is 0 Å². The third-order valence-corrected chi connectivity index (χ3v) is 3.60. The fourth-order valence-corrected chi connectivity index (χ4v) is 2.08. The first kappa shape index (κ1) is 22.4. The summed E-state index contributed by atoms with van der Waals surface area (Å²) in [6, 6.07) is 15.0. The van der Waals surface area contributed by atoms with Gasteiger partial charge in [0.25, 0.3) is 0 Å². The zero-order valence-corrected chi connectivity index (χ0v) is 14.5. The van der Waals surface area contributed by atoms with E-state index < -0.39 is 0 Å². The topological polar surface area (TPSA) is 124 Å². The molecule has 0 heterocycles. The maximum atomic E-state index is 12.3. The molecule has 7 heteroatoms. The number of methoxy groups -OCH3 is 1. The number of carbonyl (C=O) groups is 1. The smallest absolute Gasteiger partial charge is 0.412 e. The van der Waals surface area contributed by atoms with Crippen molar-refractivity contribution >= 4 is 32.5 Å². The zero-order valence-electron chi connectivity index (χ0n) is 12.4. The Morgan fingerprint density at radius 3 is 1.91 bits per heavy atom. The second-order valence-corrected chi connectivity index (χ2v) is 5.35. The number of carbonyl (C=O) groups excluding carboxylic acids is 1. The Morgan fingerprint density at radius 2 is 1.45 bits per heavy atom. The number of hydrogen-bond donors (Lipinski definition) is 0. The van der Waals surface area contributed by atoms with Crippen LogP contribution in [0.15, 0.2) is 48.5 Å². The van der Waals surface area contributed by atoms with Crippen molar-refractivity contribution in [3.8, 4) is 5.75 Å². The second kappa shape index (κ2) is 9.96. The molecule has 0 unspecified atom stereocenters. The second-order valence-electron chi connectivity index (χ2n) is 4.14. The van der Waals surface area contributed by atoms with Crippen LogP contribution in [0, 0.1) is 0 Å². The molecule has 0 saturated carbocycles. The zero-order chi connectivity index (χ0) is 13.8. The summed E-state index contributed by atoms with van der Waals surface area (Å²) in [6.07, 6.45) is 0. The first-order valence-corrected chi connectivity index (χ1v) is 6.90. The monoisotopic (exact) mass is 368 g/mol. The number of ether oxygens (including phenoxy) is 1. The van der Waals surface area contributed by atoms with Crippen molar-refractivity contribution < 1.29 is 26.0 Å². The van der Waals surface area contributed by atoms with Gasteiger partial charge in [-0.25, -0.2) is 0 Å². The minimum absolute atomic E-state index is 0. The van der Waals surface area contributed by atoms with Gasteiger partial charge in [0, 0.05) is 0 Å². The van der Waals surface area contributed by atoms with Gasteiger partial charge in [0.2, 0.25) is 0 Å². The first-order valence-electron chi connectivity index (χ1n) is 5.85. The van der Waals surface area contributed by atoms with Crippen LogP contribution in [-0.4, -0.2) is 53.0 Å². The van der Waals surface area contributed by atoms with Gasteiger partial charge >= 0.3 is 121 Å². The van der Waals surface area contributed by atoms with Crippen LogP contribution in [0.5, 0.6) is 5.75 Å². The summed E-state index contributed by atoms with van der Waals surface area (Å²) < 4.78 is 6.26. The van der Waals surface area contributed by atoms with Crippen molar-refractivity contribution in [3.05, 3.63) is 54.1 Å². The van der Waals surface area contributed by atoms with Crippen LogP contribution in [0.2, 0.25) is 0 Å². The van der Waals surface area contributed by atoms with Crippen LogP contribution in [0.4, 0.5) is 5.69 Å². The van der Waals surface area contributed by atoms with E-state index in [1.807, 2.05) is 40.8 Å². The minimum Gasteiger partial charge on any atom is -0.412 e. The predicted octanol–water partition coefficient (Wildman–Crippen LogP) is -0.708. The molecule has 2 rings (SSSR count). The standard InChI is InChI=1S/C15H14GeNO2.3H2O/c1-17(13-7-5-12(16)6-8-13)15(18)11-3-9-14(19-2)10-4-11;;;/h3-10H,1-2H3;3*1H2. The Morgan fingerprint density at radius 1 is 0.955 bits per heavy atom. The van der Waals surface area contributed by atoms with Crippen LogP contribution >= 0.6 is 0 Å². The summed E-state index contributed by atoms with van der Waals surface area (Å²) in [7, 11) is 3.38. The predicted molar refractivity (Wildman–Crippen MR) is 88.4 cm³/mol. The molecule has 22 heavy (non-hydrogen) atoms. The van der Waals surface area contributed by atoms with E-state index in [0.717, 1.165) is 11.4 Å². The minimum atomic E-state index is -0.0356. The average Bonchev–Trinajstić information content (AvgIpc) is 2.46. The Balaban J connectivity index is 0. The van der Waals surface area contributed by atoms with Crippen LogP contribution < -0.4 is 14.0 Å². The van der Waals surface area contributed by atoms with E-state index in [-0.39, 0.29) is 22.3 Å². The van der Waals surface area contributed by atoms with Gasteiger partial charge in [0.1, 0.15) is 0 Å². The van der Waals surface area contributed by atoms with Crippen molar-refractivity contribution in [2.24, 2.45) is 0 Å². The molecule has 0 aliphatic carbocycles. The van der Waals surface area contributed by atoms with E-state index in [0.29, 0.717) is 5.56 Å². The summed E-state index contributed by atoms with van der Waals surface area (Å²) in [4.78, 5) is 14.0. The van der Waals surface area contributed by atoms with Crippen LogP contribution in [0.1, 0.15) is 10.4 Å². The summed E-state index contributed by atoms with van der Waals surface area (Å²) >= 11 is 2.02. The number of rotatable bonds is 3. The molecule has 1 amide bonds. The molecule has 0 fully saturated rings. The van der Waals surface area contributed by atoms with Gasteiger partial charge < -0.3 is 16.4 Å². The van der Waals surface area contributed by atoms with Gasteiger partial charge in [0.15, 0.2) is 0 Å². The Labute approximate surface area is 137 Å². The molecule has 2 aromatic rings. The van der Waals surface area contributed by atoms with E-state index in [4.69, 9.17) is 4.74 Å². The fourth-order valence-electron chi connectivity index (χ4n) is 1.73. The molecule has 2 aromatic carbocycles. The third-order valence-electron chi connectivity index (χ3n) is 2.90. The van der Waals surface area contributed by atoms with Gasteiger partial charge in [-0.05, 0) is 0 Å². The molecule has 3 radical (unpaired) electrons. The molecule has 0 aliphatic heterocycles. The number of anilines is 1. The van der Waals surface area contributed by atoms with Crippen molar-refractivity contribution in [2.75, 3.05) is 19.1 Å². The van der Waals surface area contributed by atoms with E-state index in [9.17, 15) is 4.79 Å². The van der Waals surface area contributed by atoms with Crippen molar-refractivity contribution in [1.82, 2.24) is 0 Å². The van der Waals surface area contributed by atoms with Crippen LogP contribution in [-0.2, 0) is 0 Å². The van der Waals surface area contributed by atoms with Gasteiger partial charge in [-0.2, -0.15) is 0 Å². The fraction of sp³-hybridized carbons (Fsp3) is 0.133. The number of amides is 1. The van der Waals surface area contributed by atoms with Gasteiger partial charge in [-0.3, -0.25) is 0 Å². The summed E-state index contributed by atoms with van der Waals surface area (Å²) in [6.45, 7) is 0. The summed E-state index contributed by atoms with van der Waals surface area (Å²) in [5.74, 6) is 0.709. The summed E-state index contributed by atoms with van der Waals surface area (Å²) in [5.41, 5.74) is 1.52. The number of hydrogen-bond acceptors (Lipinski definition) is 2. The third kappa shape index (κ3) is 5.15. The molecule has 119 valence electrons. The first-order chi connectivity index (χ1) is 9.11. The number of nitrogens with zero attached hydrogens (tertiary/aromatic N) is 1. The van der Waals surface area contributed by atoms with Gasteiger partial charge in [-0.15, -0.1) is 0 Å². The normalized spacial score (nSPS) is 8.68. The van der Waals surface area contributed by atoms with Gasteiger partial charge in [-0.1, -0.05) is 0 Å². The quantitative estimate of drug-likeness (QED) is 0.666. The molecule has 0 spiro atoms. The van der Waals surface area contributed by atoms with Crippen molar-refractivity contribution in [2.45, 2.75) is 0 Å². The molecular weight excluding hydrogens is 347 g/mol. The molecular formula is C15H20GeNO5. The van der Waals surface area contributed by atoms with E-state index in [1.165, 1.54) is 4.40 Å².